The van der Waals surface area contributed by atoms with Crippen molar-refractivity contribution in [1.29, 1.82) is 0 Å². The Bertz CT molecular complexity index is 470. The Balaban J connectivity index is 2.08. The van der Waals surface area contributed by atoms with Gasteiger partial charge in [-0.2, -0.15) is 0 Å². The van der Waals surface area contributed by atoms with Crippen molar-refractivity contribution in [2.45, 2.75) is 39.4 Å². The largest absolute Gasteiger partial charge is 0.324 e. The van der Waals surface area contributed by atoms with E-state index in [1.54, 1.807) is 0 Å². The zero-order chi connectivity index (χ0) is 14.0. The summed E-state index contributed by atoms with van der Waals surface area (Å²) in [6.45, 7) is 5.97. The molecule has 2 rings (SSSR count). The van der Waals surface area contributed by atoms with Gasteiger partial charge in [0.05, 0.1) is 6.04 Å². The van der Waals surface area contributed by atoms with Crippen LogP contribution in [0.4, 0.5) is 5.69 Å². The van der Waals surface area contributed by atoms with Crippen molar-refractivity contribution in [2.75, 3.05) is 12.4 Å². The van der Waals surface area contributed by atoms with Gasteiger partial charge in [0.15, 0.2) is 0 Å². The van der Waals surface area contributed by atoms with Crippen LogP contribution in [0, 0.1) is 5.92 Å². The average Bonchev–Trinajstić information content (AvgIpc) is 2.69. The van der Waals surface area contributed by atoms with Crippen molar-refractivity contribution >= 4 is 11.6 Å². The highest BCUT2D eigenvalue weighted by Gasteiger charge is 2.21. The summed E-state index contributed by atoms with van der Waals surface area (Å²) in [4.78, 5) is 14.3. The van der Waals surface area contributed by atoms with E-state index in [2.05, 4.69) is 37.2 Å². The summed E-state index contributed by atoms with van der Waals surface area (Å²) >= 11 is 0. The van der Waals surface area contributed by atoms with E-state index in [9.17, 15) is 4.79 Å². The second kappa shape index (κ2) is 5.72. The van der Waals surface area contributed by atoms with Crippen molar-refractivity contribution in [3.05, 3.63) is 29.3 Å². The van der Waals surface area contributed by atoms with Gasteiger partial charge < -0.3 is 11.1 Å². The smallest absolute Gasteiger partial charge is 0.241 e. The molecule has 0 fully saturated rings. The van der Waals surface area contributed by atoms with Crippen LogP contribution in [-0.4, -0.2) is 23.9 Å². The number of nitrogens with zero attached hydrogens (tertiary/aromatic N) is 1. The van der Waals surface area contributed by atoms with Gasteiger partial charge in [-0.3, -0.25) is 9.69 Å². The lowest BCUT2D eigenvalue weighted by Gasteiger charge is -2.16. The summed E-state index contributed by atoms with van der Waals surface area (Å²) in [5, 5.41) is 2.98. The van der Waals surface area contributed by atoms with Gasteiger partial charge in [0.25, 0.3) is 0 Å². The lowest BCUT2D eigenvalue weighted by atomic mass is 10.0. The zero-order valence-electron chi connectivity index (χ0n) is 11.9. The van der Waals surface area contributed by atoms with E-state index >= 15 is 0 Å². The fraction of sp³-hybridized carbons (Fsp3) is 0.533. The highest BCUT2D eigenvalue weighted by Crippen LogP contribution is 2.28. The first kappa shape index (κ1) is 14.0. The lowest BCUT2D eigenvalue weighted by Crippen LogP contribution is -2.36. The number of carbonyl (C=O) groups excluding carboxylic acids is 1. The van der Waals surface area contributed by atoms with E-state index in [0.717, 1.165) is 18.8 Å². The first-order valence-electron chi connectivity index (χ1n) is 6.83. The molecule has 1 aliphatic heterocycles. The predicted molar refractivity (Wildman–Crippen MR) is 77.7 cm³/mol. The molecule has 0 saturated carbocycles. The number of fused-ring (bicyclic) bond motifs is 1. The number of benzene rings is 1. The quantitative estimate of drug-likeness (QED) is 0.871. The molecule has 0 bridgehead atoms. The molecule has 1 heterocycles. The number of rotatable bonds is 4. The first-order valence-corrected chi connectivity index (χ1v) is 6.83. The number of hydrogen-bond donors (Lipinski definition) is 2. The molecule has 0 aromatic heterocycles. The van der Waals surface area contributed by atoms with Gasteiger partial charge in [-0.25, -0.2) is 0 Å². The number of amides is 1. The van der Waals surface area contributed by atoms with Crippen molar-refractivity contribution in [2.24, 2.45) is 11.7 Å². The van der Waals surface area contributed by atoms with E-state index < -0.39 is 6.04 Å². The van der Waals surface area contributed by atoms with Crippen molar-refractivity contribution in [3.63, 3.8) is 0 Å². The molecule has 0 radical (unpaired) electrons. The molecule has 1 aromatic rings. The normalized spacial score (nSPS) is 16.5. The molecule has 0 aliphatic carbocycles. The summed E-state index contributed by atoms with van der Waals surface area (Å²) in [6.07, 6.45) is 0.709. The third-order valence-corrected chi connectivity index (χ3v) is 3.46. The van der Waals surface area contributed by atoms with Crippen LogP contribution in [0.1, 0.15) is 31.4 Å². The van der Waals surface area contributed by atoms with Crippen LogP contribution < -0.4 is 11.1 Å². The van der Waals surface area contributed by atoms with Crippen LogP contribution in [-0.2, 0) is 17.9 Å². The van der Waals surface area contributed by atoms with Crippen LogP contribution in [0.5, 0.6) is 0 Å². The second-order valence-corrected chi connectivity index (χ2v) is 5.84. The highest BCUT2D eigenvalue weighted by atomic mass is 16.2. The molecule has 4 heteroatoms. The maximum absolute atomic E-state index is 12.1. The minimum absolute atomic E-state index is 0.0864. The molecule has 0 unspecified atom stereocenters. The molecule has 0 saturated heterocycles. The van der Waals surface area contributed by atoms with Gasteiger partial charge in [-0.15, -0.1) is 0 Å². The number of hydrogen-bond acceptors (Lipinski definition) is 3. The standard InChI is InChI=1S/C15H23N3O/c1-10(2)7-13(16)15(19)17-14-6-4-5-11-8-18(3)9-12(11)14/h4-6,10,13H,7-9,16H2,1-3H3,(H,17,19)/t13-/m0/s1. The molecule has 1 amide bonds. The third kappa shape index (κ3) is 3.33. The van der Waals surface area contributed by atoms with Crippen LogP contribution in [0.3, 0.4) is 0 Å². The molecule has 1 aromatic carbocycles. The van der Waals surface area contributed by atoms with Crippen LogP contribution in [0.15, 0.2) is 18.2 Å². The van der Waals surface area contributed by atoms with Gasteiger partial charge in [-0.1, -0.05) is 26.0 Å². The predicted octanol–water partition coefficient (Wildman–Crippen LogP) is 1.94. The van der Waals surface area contributed by atoms with Crippen molar-refractivity contribution < 1.29 is 4.79 Å². The van der Waals surface area contributed by atoms with E-state index in [0.29, 0.717) is 12.3 Å². The summed E-state index contributed by atoms with van der Waals surface area (Å²) in [5.74, 6) is 0.338. The van der Waals surface area contributed by atoms with E-state index in [1.165, 1.54) is 11.1 Å². The average molecular weight is 261 g/mol. The fourth-order valence-electron chi connectivity index (χ4n) is 2.54. The Hall–Kier alpha value is -1.39. The summed E-state index contributed by atoms with van der Waals surface area (Å²) in [6, 6.07) is 5.62. The summed E-state index contributed by atoms with van der Waals surface area (Å²) in [5.41, 5.74) is 9.33. The van der Waals surface area contributed by atoms with Crippen LogP contribution in [0.25, 0.3) is 0 Å². The minimum Gasteiger partial charge on any atom is -0.324 e. The summed E-state index contributed by atoms with van der Waals surface area (Å²) < 4.78 is 0. The zero-order valence-corrected chi connectivity index (χ0v) is 11.9. The van der Waals surface area contributed by atoms with Gasteiger partial charge in [0, 0.05) is 18.8 Å². The number of carbonyl (C=O) groups is 1. The second-order valence-electron chi connectivity index (χ2n) is 5.84. The van der Waals surface area contributed by atoms with Gasteiger partial charge >= 0.3 is 0 Å². The van der Waals surface area contributed by atoms with Gasteiger partial charge in [-0.05, 0) is 36.6 Å². The van der Waals surface area contributed by atoms with Crippen molar-refractivity contribution in [1.82, 2.24) is 4.90 Å². The molecule has 1 aliphatic rings. The van der Waals surface area contributed by atoms with Gasteiger partial charge in [0.1, 0.15) is 0 Å². The van der Waals surface area contributed by atoms with Crippen molar-refractivity contribution in [3.8, 4) is 0 Å². The highest BCUT2D eigenvalue weighted by molar-refractivity contribution is 5.95. The Morgan fingerprint density at radius 2 is 2.16 bits per heavy atom. The maximum atomic E-state index is 12.1. The number of anilines is 1. The third-order valence-electron chi connectivity index (χ3n) is 3.46. The number of nitrogens with one attached hydrogen (secondary N) is 1. The van der Waals surface area contributed by atoms with E-state index in [-0.39, 0.29) is 5.91 Å². The number of nitrogens with two attached hydrogens (primary N) is 1. The SMILES string of the molecule is CC(C)C[C@H](N)C(=O)Nc1cccc2c1CN(C)C2. The fourth-order valence-corrected chi connectivity index (χ4v) is 2.54. The monoisotopic (exact) mass is 261 g/mol. The Morgan fingerprint density at radius 3 is 2.84 bits per heavy atom. The molecule has 0 spiro atoms. The molecule has 4 nitrogen and oxygen atoms in total. The molecular formula is C15H23N3O. The van der Waals surface area contributed by atoms with Crippen LogP contribution >= 0.6 is 0 Å². The molecule has 104 valence electrons. The van der Waals surface area contributed by atoms with E-state index in [4.69, 9.17) is 5.73 Å². The van der Waals surface area contributed by atoms with Gasteiger partial charge in [0.2, 0.25) is 5.91 Å². The molecule has 19 heavy (non-hydrogen) atoms. The topological polar surface area (TPSA) is 58.4 Å². The maximum Gasteiger partial charge on any atom is 0.241 e. The Morgan fingerprint density at radius 1 is 1.42 bits per heavy atom. The first-order chi connectivity index (χ1) is 8.97. The Labute approximate surface area is 115 Å². The molecule has 3 N–H and O–H groups in total. The lowest BCUT2D eigenvalue weighted by molar-refractivity contribution is -0.117. The molecule has 1 atom stereocenters. The minimum atomic E-state index is -0.435. The van der Waals surface area contributed by atoms with Crippen LogP contribution in [0.2, 0.25) is 0 Å². The van der Waals surface area contributed by atoms with E-state index in [1.807, 2.05) is 12.1 Å². The summed E-state index contributed by atoms with van der Waals surface area (Å²) in [7, 11) is 2.08. The Kier molecular flexibility index (Phi) is 4.22. The molecular weight excluding hydrogens is 238 g/mol.